The van der Waals surface area contributed by atoms with Crippen molar-refractivity contribution in [2.45, 2.75) is 32.0 Å². The van der Waals surface area contributed by atoms with Crippen molar-refractivity contribution < 1.29 is 18.0 Å². The second-order valence-electron chi connectivity index (χ2n) is 7.30. The van der Waals surface area contributed by atoms with Gasteiger partial charge in [-0.1, -0.05) is 24.8 Å². The molecule has 2 aliphatic rings. The lowest BCUT2D eigenvalue weighted by Gasteiger charge is -2.30. The van der Waals surface area contributed by atoms with Gasteiger partial charge in [0.15, 0.2) is 0 Å². The lowest BCUT2D eigenvalue weighted by atomic mass is 9.84. The number of piperidine rings is 1. The van der Waals surface area contributed by atoms with Crippen LogP contribution in [0.1, 0.15) is 25.3 Å². The van der Waals surface area contributed by atoms with Crippen LogP contribution in [0.2, 0.25) is 0 Å². The number of hydrogen-bond acceptors (Lipinski definition) is 5. The van der Waals surface area contributed by atoms with Crippen LogP contribution in [0.4, 0.5) is 18.9 Å². The van der Waals surface area contributed by atoms with Crippen molar-refractivity contribution in [3.05, 3.63) is 53.8 Å². The Balaban J connectivity index is 2.05. The number of hydrogen-bond donors (Lipinski definition) is 4. The van der Waals surface area contributed by atoms with Gasteiger partial charge >= 0.3 is 6.18 Å². The van der Waals surface area contributed by atoms with Crippen molar-refractivity contribution in [3.8, 4) is 0 Å². The zero-order valence-electron chi connectivity index (χ0n) is 16.6. The van der Waals surface area contributed by atoms with E-state index < -0.39 is 24.4 Å². The molecule has 0 spiro atoms. The van der Waals surface area contributed by atoms with Crippen LogP contribution < -0.4 is 16.0 Å². The fourth-order valence-electron chi connectivity index (χ4n) is 3.78. The summed E-state index contributed by atoms with van der Waals surface area (Å²) in [5, 5.41) is 17.7. The van der Waals surface area contributed by atoms with Crippen LogP contribution in [0.3, 0.4) is 0 Å². The number of benzene rings is 1. The Labute approximate surface area is 172 Å². The Morgan fingerprint density at radius 3 is 2.73 bits per heavy atom. The lowest BCUT2D eigenvalue weighted by Crippen LogP contribution is -2.46. The number of nitrogens with zero attached hydrogens (tertiary/aromatic N) is 1. The SMILES string of the molecule is C=CN=C1NC(=O)CC(C(F)(F)F)/C1=C(/C)C(=N)c1ccccc1NC1CCNC1. The molecule has 4 N–H and O–H groups in total. The molecule has 9 heteroatoms. The highest BCUT2D eigenvalue weighted by molar-refractivity contribution is 6.20. The molecule has 30 heavy (non-hydrogen) atoms. The summed E-state index contributed by atoms with van der Waals surface area (Å²) in [7, 11) is 0. The normalized spacial score (nSPS) is 25.1. The van der Waals surface area contributed by atoms with Gasteiger partial charge in [0.2, 0.25) is 5.91 Å². The summed E-state index contributed by atoms with van der Waals surface area (Å²) in [5.74, 6) is -3.02. The van der Waals surface area contributed by atoms with Crippen molar-refractivity contribution in [1.29, 1.82) is 5.41 Å². The first-order valence-electron chi connectivity index (χ1n) is 9.64. The Bertz CT molecular complexity index is 913. The van der Waals surface area contributed by atoms with Crippen LogP contribution in [-0.2, 0) is 4.79 Å². The van der Waals surface area contributed by atoms with Crippen molar-refractivity contribution in [3.63, 3.8) is 0 Å². The minimum Gasteiger partial charge on any atom is -0.380 e. The number of aliphatic imine (C=N–C) groups is 1. The number of nitrogens with one attached hydrogen (secondary N) is 4. The maximum atomic E-state index is 13.8. The summed E-state index contributed by atoms with van der Waals surface area (Å²) in [6.07, 6.45) is -3.40. The molecule has 3 rings (SSSR count). The molecule has 160 valence electrons. The molecule has 0 radical (unpaired) electrons. The van der Waals surface area contributed by atoms with Crippen LogP contribution in [0, 0.1) is 11.3 Å². The van der Waals surface area contributed by atoms with E-state index in [1.54, 1.807) is 12.1 Å². The van der Waals surface area contributed by atoms with E-state index in [0.29, 0.717) is 11.3 Å². The number of halogens is 3. The quantitative estimate of drug-likeness (QED) is 0.552. The number of rotatable bonds is 5. The van der Waals surface area contributed by atoms with Crippen LogP contribution in [0.15, 0.2) is 53.2 Å². The Kier molecular flexibility index (Phi) is 6.40. The van der Waals surface area contributed by atoms with Gasteiger partial charge < -0.3 is 16.0 Å². The first-order chi connectivity index (χ1) is 14.2. The van der Waals surface area contributed by atoms with Gasteiger partial charge in [-0.05, 0) is 31.5 Å². The number of amidine groups is 1. The smallest absolute Gasteiger partial charge is 0.380 e. The summed E-state index contributed by atoms with van der Waals surface area (Å²) in [6.45, 7) is 6.54. The monoisotopic (exact) mass is 419 g/mol. The average Bonchev–Trinajstić information content (AvgIpc) is 3.19. The van der Waals surface area contributed by atoms with Gasteiger partial charge in [0.25, 0.3) is 0 Å². The Hall–Kier alpha value is -2.94. The van der Waals surface area contributed by atoms with E-state index in [1.807, 2.05) is 12.1 Å². The molecule has 1 aromatic carbocycles. The molecule has 2 heterocycles. The molecule has 0 aromatic heterocycles. The maximum absolute atomic E-state index is 13.8. The molecule has 2 saturated heterocycles. The van der Waals surface area contributed by atoms with Gasteiger partial charge in [-0.25, -0.2) is 4.99 Å². The highest BCUT2D eigenvalue weighted by Gasteiger charge is 2.48. The average molecular weight is 419 g/mol. The molecular formula is C21H24F3N5O. The molecule has 6 nitrogen and oxygen atoms in total. The maximum Gasteiger partial charge on any atom is 0.396 e. The van der Waals surface area contributed by atoms with Gasteiger partial charge in [-0.2, -0.15) is 13.2 Å². The molecule has 0 aliphatic carbocycles. The van der Waals surface area contributed by atoms with Gasteiger partial charge in [-0.15, -0.1) is 0 Å². The number of allylic oxidation sites excluding steroid dienone is 1. The zero-order valence-corrected chi connectivity index (χ0v) is 16.6. The van der Waals surface area contributed by atoms with E-state index >= 15 is 0 Å². The van der Waals surface area contributed by atoms with E-state index in [1.165, 1.54) is 6.92 Å². The van der Waals surface area contributed by atoms with E-state index in [0.717, 1.165) is 25.7 Å². The van der Waals surface area contributed by atoms with Crippen LogP contribution in [-0.4, -0.2) is 42.8 Å². The summed E-state index contributed by atoms with van der Waals surface area (Å²) >= 11 is 0. The summed E-state index contributed by atoms with van der Waals surface area (Å²) in [4.78, 5) is 15.7. The molecule has 2 atom stereocenters. The van der Waals surface area contributed by atoms with Crippen molar-refractivity contribution in [2.24, 2.45) is 10.9 Å². The van der Waals surface area contributed by atoms with Gasteiger partial charge in [0.05, 0.1) is 11.6 Å². The predicted octanol–water partition coefficient (Wildman–Crippen LogP) is 3.39. The summed E-state index contributed by atoms with van der Waals surface area (Å²) in [5.41, 5.74) is 1.02. The summed E-state index contributed by atoms with van der Waals surface area (Å²) in [6, 6.07) is 7.24. The standard InChI is InChI=1S/C21H24F3N5O/c1-3-27-20-18(15(21(22,23)24)10-17(30)29-20)12(2)19(25)14-6-4-5-7-16(14)28-13-8-9-26-11-13/h3-7,13,15,25-26,28H,1,8-11H2,2H3,(H,27,29,30)/b18-12+,25-19?. The van der Waals surface area contributed by atoms with Crippen LogP contribution in [0.5, 0.6) is 0 Å². The minimum atomic E-state index is -4.65. The van der Waals surface area contributed by atoms with Gasteiger partial charge in [0.1, 0.15) is 5.84 Å². The number of anilines is 1. The van der Waals surface area contributed by atoms with Crippen molar-refractivity contribution in [1.82, 2.24) is 10.6 Å². The van der Waals surface area contributed by atoms with Crippen LogP contribution in [0.25, 0.3) is 0 Å². The molecule has 0 bridgehead atoms. The molecule has 1 aromatic rings. The first kappa shape index (κ1) is 21.8. The highest BCUT2D eigenvalue weighted by Crippen LogP contribution is 2.39. The van der Waals surface area contributed by atoms with Crippen molar-refractivity contribution >= 4 is 23.1 Å². The predicted molar refractivity (Wildman–Crippen MR) is 111 cm³/mol. The third kappa shape index (κ3) is 4.62. The molecule has 0 saturated carbocycles. The summed E-state index contributed by atoms with van der Waals surface area (Å²) < 4.78 is 41.3. The Morgan fingerprint density at radius 1 is 1.37 bits per heavy atom. The molecular weight excluding hydrogens is 395 g/mol. The number of alkyl halides is 3. The second kappa shape index (κ2) is 8.83. The van der Waals surface area contributed by atoms with Crippen molar-refractivity contribution in [2.75, 3.05) is 18.4 Å². The molecule has 2 fully saturated rings. The van der Waals surface area contributed by atoms with Gasteiger partial charge in [0, 0.05) is 42.0 Å². The number of amides is 1. The van der Waals surface area contributed by atoms with E-state index in [9.17, 15) is 18.0 Å². The van der Waals surface area contributed by atoms with E-state index in [2.05, 4.69) is 27.5 Å². The topological polar surface area (TPSA) is 89.4 Å². The fourth-order valence-corrected chi connectivity index (χ4v) is 3.78. The zero-order chi connectivity index (χ0) is 21.9. The van der Waals surface area contributed by atoms with Gasteiger partial charge in [-0.3, -0.25) is 10.2 Å². The molecule has 1 amide bonds. The number of carbonyl (C=O) groups is 1. The lowest BCUT2D eigenvalue weighted by molar-refractivity contribution is -0.169. The largest absolute Gasteiger partial charge is 0.396 e. The number of para-hydroxylation sites is 1. The van der Waals surface area contributed by atoms with Crippen LogP contribution >= 0.6 is 0 Å². The Morgan fingerprint density at radius 2 is 2.10 bits per heavy atom. The third-order valence-electron chi connectivity index (χ3n) is 5.26. The fraction of sp³-hybridized carbons (Fsp3) is 0.381. The highest BCUT2D eigenvalue weighted by atomic mass is 19.4. The first-order valence-corrected chi connectivity index (χ1v) is 9.64. The molecule has 2 unspecified atom stereocenters. The van der Waals surface area contributed by atoms with E-state index in [-0.39, 0.29) is 28.7 Å². The third-order valence-corrected chi connectivity index (χ3v) is 5.26. The van der Waals surface area contributed by atoms with E-state index in [4.69, 9.17) is 5.41 Å². The second-order valence-corrected chi connectivity index (χ2v) is 7.30. The molecule has 2 aliphatic heterocycles. The number of carbonyl (C=O) groups excluding carboxylic acids is 1. The minimum absolute atomic E-state index is 0.0544.